The van der Waals surface area contributed by atoms with Crippen LogP contribution in [0, 0.1) is 11.8 Å². The van der Waals surface area contributed by atoms with E-state index in [4.69, 9.17) is 5.73 Å². The largest absolute Gasteiger partial charge is 0.319 e. The van der Waals surface area contributed by atoms with Crippen molar-refractivity contribution in [1.82, 2.24) is 0 Å². The molecule has 0 aliphatic heterocycles. The van der Waals surface area contributed by atoms with Crippen LogP contribution in [0.25, 0.3) is 0 Å². The molecule has 0 spiro atoms. The van der Waals surface area contributed by atoms with Crippen LogP contribution < -0.4 is 5.73 Å². The Hall–Kier alpha value is -0.370. The predicted molar refractivity (Wildman–Crippen MR) is 38.4 cm³/mol. The Labute approximate surface area is 60.8 Å². The average Bonchev–Trinajstić information content (AvgIpc) is 2.68. The highest BCUT2D eigenvalue weighted by Crippen LogP contribution is 2.52. The summed E-state index contributed by atoms with van der Waals surface area (Å²) in [7, 11) is 0. The zero-order chi connectivity index (χ0) is 7.19. The lowest BCUT2D eigenvalue weighted by atomic mass is 9.83. The van der Waals surface area contributed by atoms with Crippen molar-refractivity contribution < 1.29 is 4.79 Å². The summed E-state index contributed by atoms with van der Waals surface area (Å²) in [5.41, 5.74) is 5.45. The van der Waals surface area contributed by atoms with E-state index in [1.54, 1.807) is 0 Å². The maximum atomic E-state index is 10.6. The lowest BCUT2D eigenvalue weighted by Gasteiger charge is -2.26. The molecule has 0 amide bonds. The van der Waals surface area contributed by atoms with E-state index >= 15 is 0 Å². The number of fused-ring (bicyclic) bond motifs is 1. The van der Waals surface area contributed by atoms with Gasteiger partial charge in [-0.15, -0.1) is 0 Å². The van der Waals surface area contributed by atoms with Gasteiger partial charge in [0.1, 0.15) is 6.29 Å². The van der Waals surface area contributed by atoms with Gasteiger partial charge in [0.25, 0.3) is 0 Å². The van der Waals surface area contributed by atoms with Gasteiger partial charge in [-0.05, 0) is 24.7 Å². The third kappa shape index (κ3) is 0.717. The first-order valence-electron chi connectivity index (χ1n) is 4.01. The first-order chi connectivity index (χ1) is 4.76. The van der Waals surface area contributed by atoms with Gasteiger partial charge in [-0.25, -0.2) is 0 Å². The number of carbonyl (C=O) groups is 1. The molecule has 0 aromatic rings. The first-order valence-corrected chi connectivity index (χ1v) is 4.01. The van der Waals surface area contributed by atoms with E-state index in [1.807, 2.05) is 0 Å². The fourth-order valence-corrected chi connectivity index (χ4v) is 2.23. The summed E-state index contributed by atoms with van der Waals surface area (Å²) in [6.07, 6.45) is 5.54. The quantitative estimate of drug-likeness (QED) is 0.543. The minimum atomic E-state index is -0.428. The van der Waals surface area contributed by atoms with Gasteiger partial charge < -0.3 is 10.5 Å². The Kier molecular flexibility index (Phi) is 1.15. The Morgan fingerprint density at radius 3 is 3.00 bits per heavy atom. The summed E-state index contributed by atoms with van der Waals surface area (Å²) in [6.45, 7) is 0. The van der Waals surface area contributed by atoms with Crippen LogP contribution in [0.15, 0.2) is 0 Å². The zero-order valence-electron chi connectivity index (χ0n) is 6.05. The van der Waals surface area contributed by atoms with Crippen LogP contribution in [-0.2, 0) is 4.79 Å². The van der Waals surface area contributed by atoms with Gasteiger partial charge in [0.15, 0.2) is 0 Å². The number of hydrogen-bond donors (Lipinski definition) is 1. The molecule has 2 saturated carbocycles. The van der Waals surface area contributed by atoms with Gasteiger partial charge in [0, 0.05) is 0 Å². The monoisotopic (exact) mass is 139 g/mol. The van der Waals surface area contributed by atoms with Crippen molar-refractivity contribution in [3.63, 3.8) is 0 Å². The summed E-state index contributed by atoms with van der Waals surface area (Å²) in [6, 6.07) is 0. The van der Waals surface area contributed by atoms with Gasteiger partial charge in [0.05, 0.1) is 5.54 Å². The second kappa shape index (κ2) is 1.82. The summed E-state index contributed by atoms with van der Waals surface area (Å²) in [5, 5.41) is 0. The predicted octanol–water partition coefficient (Wildman–Crippen LogP) is 0.703. The normalized spacial score (nSPS) is 51.7. The Morgan fingerprint density at radius 2 is 2.40 bits per heavy atom. The minimum Gasteiger partial charge on any atom is -0.319 e. The Bertz CT molecular complexity index is 169. The standard InChI is InChI=1S/C8H13NO/c9-8(5-10)3-1-2-6-4-7(6)8/h5-7H,1-4,9H2. The van der Waals surface area contributed by atoms with E-state index in [2.05, 4.69) is 0 Å². The molecule has 10 heavy (non-hydrogen) atoms. The lowest BCUT2D eigenvalue weighted by molar-refractivity contribution is -0.113. The molecular formula is C8H13NO. The van der Waals surface area contributed by atoms with Crippen molar-refractivity contribution in [2.24, 2.45) is 17.6 Å². The van der Waals surface area contributed by atoms with E-state index in [0.29, 0.717) is 5.92 Å². The Morgan fingerprint density at radius 1 is 1.60 bits per heavy atom. The molecule has 0 heterocycles. The smallest absolute Gasteiger partial charge is 0.140 e. The highest BCUT2D eigenvalue weighted by Gasteiger charge is 2.52. The van der Waals surface area contributed by atoms with Gasteiger partial charge in [-0.2, -0.15) is 0 Å². The van der Waals surface area contributed by atoms with Crippen molar-refractivity contribution in [3.8, 4) is 0 Å². The molecule has 0 aromatic heterocycles. The highest BCUT2D eigenvalue weighted by atomic mass is 16.1. The molecule has 2 fully saturated rings. The van der Waals surface area contributed by atoms with Crippen LogP contribution >= 0.6 is 0 Å². The maximum Gasteiger partial charge on any atom is 0.140 e. The third-order valence-electron chi connectivity index (χ3n) is 3.02. The molecular weight excluding hydrogens is 126 g/mol. The van der Waals surface area contributed by atoms with Crippen LogP contribution in [0.3, 0.4) is 0 Å². The molecule has 0 radical (unpaired) electrons. The number of carbonyl (C=O) groups excluding carboxylic acids is 1. The van der Waals surface area contributed by atoms with Gasteiger partial charge >= 0.3 is 0 Å². The highest BCUT2D eigenvalue weighted by molar-refractivity contribution is 5.65. The number of rotatable bonds is 1. The van der Waals surface area contributed by atoms with Crippen LogP contribution in [0.4, 0.5) is 0 Å². The van der Waals surface area contributed by atoms with E-state index in [-0.39, 0.29) is 0 Å². The third-order valence-corrected chi connectivity index (χ3v) is 3.02. The summed E-state index contributed by atoms with van der Waals surface area (Å²) in [5.74, 6) is 1.34. The Balaban J connectivity index is 2.14. The molecule has 2 rings (SSSR count). The molecule has 3 atom stereocenters. The molecule has 2 heteroatoms. The summed E-state index contributed by atoms with van der Waals surface area (Å²) < 4.78 is 0. The number of hydrogen-bond acceptors (Lipinski definition) is 2. The van der Waals surface area contributed by atoms with Crippen LogP contribution in [-0.4, -0.2) is 11.8 Å². The van der Waals surface area contributed by atoms with E-state index in [9.17, 15) is 4.79 Å². The van der Waals surface area contributed by atoms with Gasteiger partial charge in [0.2, 0.25) is 0 Å². The van der Waals surface area contributed by atoms with Crippen LogP contribution in [0.5, 0.6) is 0 Å². The molecule has 2 aliphatic carbocycles. The molecule has 3 unspecified atom stereocenters. The van der Waals surface area contributed by atoms with Crippen molar-refractivity contribution in [3.05, 3.63) is 0 Å². The fraction of sp³-hybridized carbons (Fsp3) is 0.875. The molecule has 56 valence electrons. The van der Waals surface area contributed by atoms with Crippen molar-refractivity contribution in [1.29, 1.82) is 0 Å². The zero-order valence-corrected chi connectivity index (χ0v) is 6.05. The lowest BCUT2D eigenvalue weighted by Crippen LogP contribution is -2.46. The van der Waals surface area contributed by atoms with Crippen LogP contribution in [0.2, 0.25) is 0 Å². The molecule has 0 aromatic carbocycles. The molecule has 2 aliphatic rings. The van der Waals surface area contributed by atoms with Crippen molar-refractivity contribution >= 4 is 6.29 Å². The average molecular weight is 139 g/mol. The van der Waals surface area contributed by atoms with Gasteiger partial charge in [-0.1, -0.05) is 12.8 Å². The topological polar surface area (TPSA) is 43.1 Å². The first kappa shape index (κ1) is 6.35. The molecule has 2 N–H and O–H groups in total. The van der Waals surface area contributed by atoms with Gasteiger partial charge in [-0.3, -0.25) is 0 Å². The van der Waals surface area contributed by atoms with E-state index in [0.717, 1.165) is 25.0 Å². The second-order valence-corrected chi connectivity index (χ2v) is 3.72. The molecule has 2 nitrogen and oxygen atoms in total. The SMILES string of the molecule is NC1(C=O)CCCC2CC21. The van der Waals surface area contributed by atoms with Crippen molar-refractivity contribution in [2.45, 2.75) is 31.2 Å². The van der Waals surface area contributed by atoms with E-state index in [1.165, 1.54) is 12.8 Å². The van der Waals surface area contributed by atoms with E-state index < -0.39 is 5.54 Å². The summed E-state index contributed by atoms with van der Waals surface area (Å²) >= 11 is 0. The maximum absolute atomic E-state index is 10.6. The second-order valence-electron chi connectivity index (χ2n) is 3.72. The summed E-state index contributed by atoms with van der Waals surface area (Å²) in [4.78, 5) is 10.6. The minimum absolute atomic E-state index is 0.428. The molecule has 0 saturated heterocycles. The van der Waals surface area contributed by atoms with Crippen LogP contribution in [0.1, 0.15) is 25.7 Å². The number of nitrogens with two attached hydrogens (primary N) is 1. The molecule has 0 bridgehead atoms. The number of aldehydes is 1. The van der Waals surface area contributed by atoms with Crippen molar-refractivity contribution in [2.75, 3.05) is 0 Å². The fourth-order valence-electron chi connectivity index (χ4n) is 2.23.